The monoisotopic (exact) mass is 265 g/mol. The van der Waals surface area contributed by atoms with Crippen LogP contribution in [-0.4, -0.2) is 42.8 Å². The number of benzene rings is 1. The van der Waals surface area contributed by atoms with E-state index in [1.807, 2.05) is 0 Å². The molecule has 1 amide bonds. The molecule has 102 valence electrons. The summed E-state index contributed by atoms with van der Waals surface area (Å²) in [5.74, 6) is -1.17. The molecule has 1 aromatic carbocycles. The lowest BCUT2D eigenvalue weighted by Gasteiger charge is -2.24. The van der Waals surface area contributed by atoms with E-state index in [0.29, 0.717) is 17.9 Å². The topological polar surface area (TPSA) is 84.9 Å². The van der Waals surface area contributed by atoms with Crippen LogP contribution < -0.4 is 10.1 Å². The number of hydrogen-bond donors (Lipinski definition) is 2. The zero-order valence-corrected chi connectivity index (χ0v) is 10.5. The van der Waals surface area contributed by atoms with Crippen LogP contribution in [0.5, 0.6) is 5.75 Å². The van der Waals surface area contributed by atoms with Crippen LogP contribution in [0.4, 0.5) is 0 Å². The van der Waals surface area contributed by atoms with Crippen molar-refractivity contribution in [1.29, 1.82) is 0 Å². The molecule has 0 spiro atoms. The lowest BCUT2D eigenvalue weighted by Crippen LogP contribution is -2.55. The van der Waals surface area contributed by atoms with E-state index in [2.05, 4.69) is 5.32 Å². The van der Waals surface area contributed by atoms with Gasteiger partial charge in [-0.1, -0.05) is 12.1 Å². The lowest BCUT2D eigenvalue weighted by molar-refractivity contribution is -0.144. The summed E-state index contributed by atoms with van der Waals surface area (Å²) in [4.78, 5) is 23.5. The molecule has 0 bridgehead atoms. The van der Waals surface area contributed by atoms with E-state index < -0.39 is 17.4 Å². The van der Waals surface area contributed by atoms with Gasteiger partial charge in [-0.2, -0.15) is 0 Å². The highest BCUT2D eigenvalue weighted by molar-refractivity contribution is 6.00. The maximum absolute atomic E-state index is 12.2. The predicted molar refractivity (Wildman–Crippen MR) is 66.3 cm³/mol. The predicted octanol–water partition coefficient (Wildman–Crippen LogP) is 0.669. The Morgan fingerprint density at radius 2 is 2.16 bits per heavy atom. The molecule has 1 saturated heterocycles. The van der Waals surface area contributed by atoms with Crippen molar-refractivity contribution in [3.05, 3.63) is 29.8 Å². The van der Waals surface area contributed by atoms with Crippen molar-refractivity contribution in [3.8, 4) is 5.75 Å². The van der Waals surface area contributed by atoms with Crippen molar-refractivity contribution in [2.75, 3.05) is 20.3 Å². The molecule has 0 aromatic heterocycles. The summed E-state index contributed by atoms with van der Waals surface area (Å²) >= 11 is 0. The zero-order valence-electron chi connectivity index (χ0n) is 10.5. The Bertz CT molecular complexity index is 494. The van der Waals surface area contributed by atoms with Crippen molar-refractivity contribution in [3.63, 3.8) is 0 Å². The first-order chi connectivity index (χ1) is 9.09. The minimum absolute atomic E-state index is 0.0246. The fraction of sp³-hybridized carbons (Fsp3) is 0.385. The number of methoxy groups -OCH3 is 1. The van der Waals surface area contributed by atoms with Crippen molar-refractivity contribution in [1.82, 2.24) is 5.32 Å². The van der Waals surface area contributed by atoms with Gasteiger partial charge in [0.1, 0.15) is 5.75 Å². The molecular weight excluding hydrogens is 250 g/mol. The summed E-state index contributed by atoms with van der Waals surface area (Å²) in [6, 6.07) is 6.66. The molecule has 0 radical (unpaired) electrons. The minimum atomic E-state index is -1.35. The molecule has 1 fully saturated rings. The van der Waals surface area contributed by atoms with Gasteiger partial charge in [-0.3, -0.25) is 4.79 Å². The third-order valence-electron chi connectivity index (χ3n) is 3.14. The van der Waals surface area contributed by atoms with Crippen LogP contribution in [0, 0.1) is 0 Å². The molecule has 6 heteroatoms. The summed E-state index contributed by atoms with van der Waals surface area (Å²) in [6.45, 7) is 0.293. The summed E-state index contributed by atoms with van der Waals surface area (Å²) in [5.41, 5.74) is -1.05. The fourth-order valence-corrected chi connectivity index (χ4v) is 2.00. The van der Waals surface area contributed by atoms with E-state index in [1.165, 1.54) is 7.11 Å². The summed E-state index contributed by atoms with van der Waals surface area (Å²) < 4.78 is 10.2. The first-order valence-corrected chi connectivity index (χ1v) is 5.86. The van der Waals surface area contributed by atoms with E-state index in [0.717, 1.165) is 0 Å². The van der Waals surface area contributed by atoms with E-state index in [-0.39, 0.29) is 13.0 Å². The Labute approximate surface area is 110 Å². The van der Waals surface area contributed by atoms with E-state index in [9.17, 15) is 14.7 Å². The average Bonchev–Trinajstić information content (AvgIpc) is 2.88. The third kappa shape index (κ3) is 2.53. The van der Waals surface area contributed by atoms with Gasteiger partial charge < -0.3 is 19.9 Å². The number of carboxylic acid groups (broad SMARTS) is 1. The van der Waals surface area contributed by atoms with Gasteiger partial charge in [0.25, 0.3) is 5.91 Å². The van der Waals surface area contributed by atoms with Gasteiger partial charge in [0, 0.05) is 13.0 Å². The van der Waals surface area contributed by atoms with Gasteiger partial charge in [0.15, 0.2) is 5.54 Å². The van der Waals surface area contributed by atoms with E-state index >= 15 is 0 Å². The second kappa shape index (κ2) is 5.27. The van der Waals surface area contributed by atoms with Crippen LogP contribution in [0.1, 0.15) is 16.8 Å². The van der Waals surface area contributed by atoms with Crippen LogP contribution in [0.3, 0.4) is 0 Å². The number of carbonyl (C=O) groups is 2. The standard InChI is InChI=1S/C13H15NO5/c1-18-10-5-3-2-4-9(10)11(15)14-13(12(16)17)6-7-19-8-13/h2-5H,6-8H2,1H3,(H,14,15)(H,16,17). The SMILES string of the molecule is COc1ccccc1C(=O)NC1(C(=O)O)CCOC1. The number of carboxylic acids is 1. The van der Waals surface area contributed by atoms with Gasteiger partial charge in [-0.25, -0.2) is 4.79 Å². The van der Waals surface area contributed by atoms with Crippen LogP contribution in [0.2, 0.25) is 0 Å². The van der Waals surface area contributed by atoms with Gasteiger partial charge in [0.2, 0.25) is 0 Å². The van der Waals surface area contributed by atoms with Gasteiger partial charge in [-0.05, 0) is 12.1 Å². The molecule has 1 aliphatic heterocycles. The second-order valence-corrected chi connectivity index (χ2v) is 4.34. The number of aliphatic carboxylic acids is 1. The average molecular weight is 265 g/mol. The molecule has 0 saturated carbocycles. The van der Waals surface area contributed by atoms with E-state index in [1.54, 1.807) is 24.3 Å². The first kappa shape index (κ1) is 13.4. The molecular formula is C13H15NO5. The summed E-state index contributed by atoms with van der Waals surface area (Å²) in [5, 5.41) is 11.8. The first-order valence-electron chi connectivity index (χ1n) is 5.86. The van der Waals surface area contributed by atoms with Crippen molar-refractivity contribution < 1.29 is 24.2 Å². The number of carbonyl (C=O) groups excluding carboxylic acids is 1. The minimum Gasteiger partial charge on any atom is -0.496 e. The lowest BCUT2D eigenvalue weighted by atomic mass is 9.98. The highest BCUT2D eigenvalue weighted by Gasteiger charge is 2.44. The molecule has 1 atom stereocenters. The number of para-hydroxylation sites is 1. The molecule has 6 nitrogen and oxygen atoms in total. The maximum Gasteiger partial charge on any atom is 0.331 e. The Hall–Kier alpha value is -2.08. The Kier molecular flexibility index (Phi) is 3.71. The normalized spacial score (nSPS) is 21.9. The van der Waals surface area contributed by atoms with Gasteiger partial charge in [-0.15, -0.1) is 0 Å². The quantitative estimate of drug-likeness (QED) is 0.835. The molecule has 1 unspecified atom stereocenters. The number of nitrogens with one attached hydrogen (secondary N) is 1. The van der Waals surface area contributed by atoms with Crippen LogP contribution >= 0.6 is 0 Å². The van der Waals surface area contributed by atoms with E-state index in [4.69, 9.17) is 9.47 Å². The number of hydrogen-bond acceptors (Lipinski definition) is 4. The summed E-state index contributed by atoms with van der Waals surface area (Å²) in [7, 11) is 1.46. The Balaban J connectivity index is 2.23. The second-order valence-electron chi connectivity index (χ2n) is 4.34. The molecule has 2 rings (SSSR count). The Morgan fingerprint density at radius 1 is 1.42 bits per heavy atom. The summed E-state index contributed by atoms with van der Waals surface area (Å²) in [6.07, 6.45) is 0.253. The van der Waals surface area contributed by atoms with Crippen LogP contribution in [0.25, 0.3) is 0 Å². The zero-order chi connectivity index (χ0) is 13.9. The highest BCUT2D eigenvalue weighted by atomic mass is 16.5. The largest absolute Gasteiger partial charge is 0.496 e. The van der Waals surface area contributed by atoms with Crippen LogP contribution in [0.15, 0.2) is 24.3 Å². The van der Waals surface area contributed by atoms with Crippen molar-refractivity contribution in [2.45, 2.75) is 12.0 Å². The van der Waals surface area contributed by atoms with Crippen molar-refractivity contribution >= 4 is 11.9 Å². The molecule has 0 aliphatic carbocycles. The molecule has 1 aliphatic rings. The molecule has 19 heavy (non-hydrogen) atoms. The Morgan fingerprint density at radius 3 is 2.74 bits per heavy atom. The number of amides is 1. The smallest absolute Gasteiger partial charge is 0.331 e. The molecule has 1 heterocycles. The highest BCUT2D eigenvalue weighted by Crippen LogP contribution is 2.22. The third-order valence-corrected chi connectivity index (χ3v) is 3.14. The van der Waals surface area contributed by atoms with Crippen molar-refractivity contribution in [2.24, 2.45) is 0 Å². The van der Waals surface area contributed by atoms with Crippen LogP contribution in [-0.2, 0) is 9.53 Å². The number of rotatable bonds is 4. The van der Waals surface area contributed by atoms with Gasteiger partial charge in [0.05, 0.1) is 19.3 Å². The molecule has 1 aromatic rings. The number of ether oxygens (including phenoxy) is 2. The molecule has 2 N–H and O–H groups in total. The maximum atomic E-state index is 12.2. The fourth-order valence-electron chi connectivity index (χ4n) is 2.00. The van der Waals surface area contributed by atoms with Gasteiger partial charge >= 0.3 is 5.97 Å².